The van der Waals surface area contributed by atoms with E-state index in [0.717, 1.165) is 11.3 Å². The molecular weight excluding hydrogens is 407 g/mol. The van der Waals surface area contributed by atoms with Crippen molar-refractivity contribution in [2.75, 3.05) is 4.90 Å². The lowest BCUT2D eigenvalue weighted by atomic mass is 9.95. The number of hydrogen-bond donors (Lipinski definition) is 1. The summed E-state index contributed by atoms with van der Waals surface area (Å²) >= 11 is 1.11. The number of amides is 1. The van der Waals surface area contributed by atoms with Gasteiger partial charge in [0, 0.05) is 0 Å². The van der Waals surface area contributed by atoms with E-state index in [4.69, 9.17) is 4.42 Å². The maximum absolute atomic E-state index is 13.6. The molecule has 3 heterocycles. The van der Waals surface area contributed by atoms with Crippen LogP contribution in [0.25, 0.3) is 10.2 Å². The zero-order valence-electron chi connectivity index (χ0n) is 15.3. The first-order valence-corrected chi connectivity index (χ1v) is 9.82. The molecule has 0 fully saturated rings. The molecule has 5 rings (SSSR count). The molecule has 8 heteroatoms. The number of fused-ring (bicyclic) bond motifs is 1. The number of thiazole rings is 1. The summed E-state index contributed by atoms with van der Waals surface area (Å²) in [6.07, 6.45) is 1.35. The maximum Gasteiger partial charge on any atom is 0.296 e. The number of aromatic nitrogens is 1. The molecule has 30 heavy (non-hydrogen) atoms. The normalized spacial score (nSPS) is 16.6. The minimum Gasteiger partial charge on any atom is -0.503 e. The van der Waals surface area contributed by atoms with Crippen molar-refractivity contribution in [1.29, 1.82) is 0 Å². The van der Waals surface area contributed by atoms with Crippen molar-refractivity contribution in [2.45, 2.75) is 6.04 Å². The molecule has 2 aromatic heterocycles. The Bertz CT molecular complexity index is 1310. The van der Waals surface area contributed by atoms with Crippen molar-refractivity contribution >= 4 is 38.4 Å². The van der Waals surface area contributed by atoms with Crippen LogP contribution >= 0.6 is 11.3 Å². The van der Waals surface area contributed by atoms with Crippen LogP contribution in [0.1, 0.15) is 22.2 Å². The second-order valence-corrected chi connectivity index (χ2v) is 7.67. The summed E-state index contributed by atoms with van der Waals surface area (Å²) in [5.41, 5.74) is 1.04. The molecule has 2 aromatic carbocycles. The van der Waals surface area contributed by atoms with E-state index in [1.54, 1.807) is 30.3 Å². The van der Waals surface area contributed by atoms with Crippen LogP contribution in [0.4, 0.5) is 9.52 Å². The van der Waals surface area contributed by atoms with Crippen LogP contribution in [-0.4, -0.2) is 21.8 Å². The van der Waals surface area contributed by atoms with E-state index in [0.29, 0.717) is 15.8 Å². The van der Waals surface area contributed by atoms with Gasteiger partial charge < -0.3 is 9.52 Å². The predicted molar refractivity (Wildman–Crippen MR) is 109 cm³/mol. The van der Waals surface area contributed by atoms with Crippen molar-refractivity contribution in [2.24, 2.45) is 0 Å². The van der Waals surface area contributed by atoms with Crippen LogP contribution in [0, 0.1) is 5.82 Å². The summed E-state index contributed by atoms with van der Waals surface area (Å²) in [5.74, 6) is -2.40. The van der Waals surface area contributed by atoms with E-state index in [1.165, 1.54) is 35.4 Å². The Morgan fingerprint density at radius 1 is 1.13 bits per heavy atom. The number of halogens is 1. The smallest absolute Gasteiger partial charge is 0.296 e. The van der Waals surface area contributed by atoms with Gasteiger partial charge in [-0.3, -0.25) is 14.5 Å². The van der Waals surface area contributed by atoms with Crippen LogP contribution in [0.2, 0.25) is 0 Å². The zero-order chi connectivity index (χ0) is 20.8. The average Bonchev–Trinajstić information content (AvgIpc) is 3.47. The van der Waals surface area contributed by atoms with Crippen LogP contribution < -0.4 is 4.90 Å². The molecule has 1 aliphatic rings. The van der Waals surface area contributed by atoms with E-state index >= 15 is 0 Å². The van der Waals surface area contributed by atoms with Gasteiger partial charge >= 0.3 is 0 Å². The van der Waals surface area contributed by atoms with E-state index < -0.39 is 29.3 Å². The molecule has 1 unspecified atom stereocenters. The number of aliphatic hydroxyl groups excluding tert-OH is 1. The summed E-state index contributed by atoms with van der Waals surface area (Å²) in [7, 11) is 0. The lowest BCUT2D eigenvalue weighted by molar-refractivity contribution is -0.117. The van der Waals surface area contributed by atoms with Gasteiger partial charge in [-0.25, -0.2) is 9.37 Å². The number of anilines is 1. The van der Waals surface area contributed by atoms with Crippen molar-refractivity contribution in [3.8, 4) is 0 Å². The minimum absolute atomic E-state index is 0.0125. The van der Waals surface area contributed by atoms with E-state index in [9.17, 15) is 19.1 Å². The minimum atomic E-state index is -0.901. The Morgan fingerprint density at radius 2 is 1.93 bits per heavy atom. The molecule has 148 valence electrons. The van der Waals surface area contributed by atoms with Gasteiger partial charge in [0.15, 0.2) is 16.7 Å². The SMILES string of the molecule is O=C(C1=C(O)C(=O)N(c2nc3ccc(F)cc3s2)C1c1ccccc1)c1ccco1. The summed E-state index contributed by atoms with van der Waals surface area (Å²) < 4.78 is 19.4. The Hall–Kier alpha value is -3.78. The molecular formula is C22H13FN2O4S. The fourth-order valence-corrected chi connectivity index (χ4v) is 4.53. The van der Waals surface area contributed by atoms with Gasteiger partial charge in [-0.2, -0.15) is 0 Å². The van der Waals surface area contributed by atoms with Gasteiger partial charge in [-0.05, 0) is 35.9 Å². The average molecular weight is 420 g/mol. The van der Waals surface area contributed by atoms with E-state index in [1.807, 2.05) is 6.07 Å². The number of aliphatic hydroxyl groups is 1. The lowest BCUT2D eigenvalue weighted by Gasteiger charge is -2.24. The van der Waals surface area contributed by atoms with Gasteiger partial charge in [0.05, 0.1) is 28.1 Å². The van der Waals surface area contributed by atoms with E-state index in [2.05, 4.69) is 4.98 Å². The van der Waals surface area contributed by atoms with Crippen LogP contribution in [-0.2, 0) is 4.79 Å². The Kier molecular flexibility index (Phi) is 4.22. The van der Waals surface area contributed by atoms with Crippen molar-refractivity contribution < 1.29 is 23.5 Å². The van der Waals surface area contributed by atoms with Crippen LogP contribution in [0.5, 0.6) is 0 Å². The number of carbonyl (C=O) groups excluding carboxylic acids is 2. The van der Waals surface area contributed by atoms with Gasteiger partial charge in [-0.15, -0.1) is 0 Å². The number of Topliss-reactive ketones (excluding diaryl/α,β-unsaturated/α-hetero) is 1. The third kappa shape index (κ3) is 2.81. The number of furan rings is 1. The Labute approximate surface area is 173 Å². The summed E-state index contributed by atoms with van der Waals surface area (Å²) in [4.78, 5) is 31.8. The monoisotopic (exact) mass is 420 g/mol. The summed E-state index contributed by atoms with van der Waals surface area (Å²) in [6.45, 7) is 0. The first kappa shape index (κ1) is 18.3. The molecule has 4 aromatic rings. The summed E-state index contributed by atoms with van der Waals surface area (Å²) in [5, 5.41) is 10.9. The number of benzene rings is 2. The highest BCUT2D eigenvalue weighted by molar-refractivity contribution is 7.22. The fraction of sp³-hybridized carbons (Fsp3) is 0.0455. The van der Waals surface area contributed by atoms with Crippen LogP contribution in [0.15, 0.2) is 82.7 Å². The Balaban J connectivity index is 1.68. The number of ketones is 1. The zero-order valence-corrected chi connectivity index (χ0v) is 16.1. The molecule has 1 N–H and O–H groups in total. The van der Waals surface area contributed by atoms with E-state index in [-0.39, 0.29) is 16.5 Å². The molecule has 0 saturated carbocycles. The second-order valence-electron chi connectivity index (χ2n) is 6.67. The van der Waals surface area contributed by atoms with Gasteiger partial charge in [0.25, 0.3) is 5.91 Å². The third-order valence-electron chi connectivity index (χ3n) is 4.86. The predicted octanol–water partition coefficient (Wildman–Crippen LogP) is 4.81. The molecule has 0 bridgehead atoms. The summed E-state index contributed by atoms with van der Waals surface area (Å²) in [6, 6.07) is 15.1. The molecule has 0 spiro atoms. The molecule has 1 atom stereocenters. The highest BCUT2D eigenvalue weighted by atomic mass is 32.1. The van der Waals surface area contributed by atoms with Gasteiger partial charge in [0.1, 0.15) is 5.82 Å². The standard InChI is InChI=1S/C22H13FN2O4S/c23-13-8-9-14-16(11-13)30-22(24-14)25-18(12-5-2-1-3-6-12)17(20(27)21(25)28)19(26)15-7-4-10-29-15/h1-11,18,27H. The van der Waals surface area contributed by atoms with Gasteiger partial charge in [0.2, 0.25) is 5.78 Å². The number of hydrogen-bond acceptors (Lipinski definition) is 6. The Morgan fingerprint density at radius 3 is 2.67 bits per heavy atom. The third-order valence-corrected chi connectivity index (χ3v) is 5.88. The molecule has 0 saturated heterocycles. The molecule has 0 radical (unpaired) electrons. The first-order chi connectivity index (χ1) is 14.5. The van der Waals surface area contributed by atoms with Crippen LogP contribution in [0.3, 0.4) is 0 Å². The number of rotatable bonds is 4. The van der Waals surface area contributed by atoms with Gasteiger partial charge in [-0.1, -0.05) is 41.7 Å². The fourth-order valence-electron chi connectivity index (χ4n) is 3.52. The van der Waals surface area contributed by atoms with Crippen molar-refractivity contribution in [3.63, 3.8) is 0 Å². The molecule has 6 nitrogen and oxygen atoms in total. The highest BCUT2D eigenvalue weighted by Gasteiger charge is 2.46. The number of carbonyl (C=O) groups is 2. The molecule has 0 aliphatic carbocycles. The first-order valence-electron chi connectivity index (χ1n) is 9.00. The van der Waals surface area contributed by atoms with Crippen molar-refractivity contribution in [1.82, 2.24) is 4.98 Å². The van der Waals surface area contributed by atoms with Crippen molar-refractivity contribution in [3.05, 3.63) is 95.4 Å². The quantitative estimate of drug-likeness (QED) is 0.479. The maximum atomic E-state index is 13.6. The second kappa shape index (κ2) is 6.93. The lowest BCUT2D eigenvalue weighted by Crippen LogP contribution is -2.30. The largest absolute Gasteiger partial charge is 0.503 e. The molecule has 1 amide bonds. The topological polar surface area (TPSA) is 83.6 Å². The highest BCUT2D eigenvalue weighted by Crippen LogP contribution is 2.44. The molecule has 1 aliphatic heterocycles. The number of nitrogens with zero attached hydrogens (tertiary/aromatic N) is 2.